The van der Waals surface area contributed by atoms with Crippen LogP contribution in [0.25, 0.3) is 0 Å². The Morgan fingerprint density at radius 1 is 1.30 bits per heavy atom. The van der Waals surface area contributed by atoms with Gasteiger partial charge in [0, 0.05) is 18.3 Å². The SMILES string of the molecule is CCCc1cc(CN)cc(Oc2ccc(F)c(Br)c2)n1. The van der Waals surface area contributed by atoms with Crippen molar-refractivity contribution in [3.8, 4) is 11.6 Å². The molecular formula is C15H16BrFN2O. The van der Waals surface area contributed by atoms with Crippen molar-refractivity contribution < 1.29 is 9.13 Å². The number of nitrogens with two attached hydrogens (primary N) is 1. The summed E-state index contributed by atoms with van der Waals surface area (Å²) in [7, 11) is 0. The summed E-state index contributed by atoms with van der Waals surface area (Å²) in [5.74, 6) is 0.685. The molecule has 2 rings (SSSR count). The lowest BCUT2D eigenvalue weighted by Gasteiger charge is -2.09. The minimum atomic E-state index is -0.326. The quantitative estimate of drug-likeness (QED) is 0.889. The molecule has 0 spiro atoms. The van der Waals surface area contributed by atoms with Gasteiger partial charge >= 0.3 is 0 Å². The summed E-state index contributed by atoms with van der Waals surface area (Å²) >= 11 is 3.13. The Hall–Kier alpha value is -1.46. The monoisotopic (exact) mass is 338 g/mol. The fourth-order valence-electron chi connectivity index (χ4n) is 1.84. The van der Waals surface area contributed by atoms with E-state index in [2.05, 4.69) is 27.8 Å². The topological polar surface area (TPSA) is 48.1 Å². The van der Waals surface area contributed by atoms with E-state index in [-0.39, 0.29) is 5.82 Å². The molecule has 0 atom stereocenters. The second-order valence-electron chi connectivity index (χ2n) is 4.44. The van der Waals surface area contributed by atoms with Crippen LogP contribution in [-0.2, 0) is 13.0 Å². The molecule has 0 amide bonds. The molecule has 0 aliphatic rings. The van der Waals surface area contributed by atoms with E-state index < -0.39 is 0 Å². The van der Waals surface area contributed by atoms with Gasteiger partial charge in [0.25, 0.3) is 0 Å². The Bertz CT molecular complexity index is 604. The molecule has 1 heterocycles. The third-order valence-corrected chi connectivity index (χ3v) is 3.38. The lowest BCUT2D eigenvalue weighted by molar-refractivity contribution is 0.457. The second-order valence-corrected chi connectivity index (χ2v) is 5.29. The van der Waals surface area contributed by atoms with Gasteiger partial charge in [0.2, 0.25) is 5.88 Å². The predicted molar refractivity (Wildman–Crippen MR) is 80.3 cm³/mol. The van der Waals surface area contributed by atoms with Gasteiger partial charge in [-0.2, -0.15) is 0 Å². The molecule has 0 saturated carbocycles. The smallest absolute Gasteiger partial charge is 0.219 e. The van der Waals surface area contributed by atoms with E-state index in [1.807, 2.05) is 6.07 Å². The zero-order valence-corrected chi connectivity index (χ0v) is 12.8. The van der Waals surface area contributed by atoms with Crippen molar-refractivity contribution in [1.29, 1.82) is 0 Å². The zero-order valence-electron chi connectivity index (χ0n) is 11.2. The largest absolute Gasteiger partial charge is 0.439 e. The molecule has 1 aromatic heterocycles. The Kier molecular flexibility index (Phi) is 5.09. The average Bonchev–Trinajstić information content (AvgIpc) is 2.43. The van der Waals surface area contributed by atoms with Crippen LogP contribution in [0, 0.1) is 5.82 Å². The number of aryl methyl sites for hydroxylation is 1. The second kappa shape index (κ2) is 6.81. The van der Waals surface area contributed by atoms with Gasteiger partial charge in [0.15, 0.2) is 0 Å². The van der Waals surface area contributed by atoms with Gasteiger partial charge < -0.3 is 10.5 Å². The summed E-state index contributed by atoms with van der Waals surface area (Å²) in [6, 6.07) is 8.27. The number of aromatic nitrogens is 1. The molecular weight excluding hydrogens is 323 g/mol. The number of hydrogen-bond acceptors (Lipinski definition) is 3. The number of hydrogen-bond donors (Lipinski definition) is 1. The van der Waals surface area contributed by atoms with Crippen LogP contribution in [0.5, 0.6) is 11.6 Å². The maximum atomic E-state index is 13.2. The van der Waals surface area contributed by atoms with Gasteiger partial charge in [-0.25, -0.2) is 9.37 Å². The normalized spacial score (nSPS) is 10.6. The molecule has 0 aliphatic carbocycles. The third-order valence-electron chi connectivity index (χ3n) is 2.77. The standard InChI is InChI=1S/C15H16BrFN2O/c1-2-3-11-6-10(9-18)7-15(19-11)20-12-4-5-14(17)13(16)8-12/h4-8H,2-3,9,18H2,1H3. The van der Waals surface area contributed by atoms with Crippen LogP contribution in [0.3, 0.4) is 0 Å². The van der Waals surface area contributed by atoms with Crippen LogP contribution >= 0.6 is 15.9 Å². The van der Waals surface area contributed by atoms with Crippen LogP contribution in [0.15, 0.2) is 34.8 Å². The van der Waals surface area contributed by atoms with E-state index >= 15 is 0 Å². The Morgan fingerprint density at radius 2 is 2.10 bits per heavy atom. The molecule has 1 aromatic carbocycles. The minimum absolute atomic E-state index is 0.326. The van der Waals surface area contributed by atoms with Crippen molar-refractivity contribution in [2.75, 3.05) is 0 Å². The highest BCUT2D eigenvalue weighted by Crippen LogP contribution is 2.26. The van der Waals surface area contributed by atoms with Gasteiger partial charge in [-0.3, -0.25) is 0 Å². The lowest BCUT2D eigenvalue weighted by Crippen LogP contribution is -2.01. The first-order chi connectivity index (χ1) is 9.62. The van der Waals surface area contributed by atoms with Gasteiger partial charge in [0.1, 0.15) is 11.6 Å². The van der Waals surface area contributed by atoms with Gasteiger partial charge in [-0.1, -0.05) is 13.3 Å². The van der Waals surface area contributed by atoms with Crippen molar-refractivity contribution in [2.24, 2.45) is 5.73 Å². The molecule has 106 valence electrons. The summed E-state index contributed by atoms with van der Waals surface area (Å²) < 4.78 is 19.2. The highest BCUT2D eigenvalue weighted by Gasteiger charge is 2.06. The predicted octanol–water partition coefficient (Wildman–Crippen LogP) is 4.19. The van der Waals surface area contributed by atoms with Crippen molar-refractivity contribution in [3.05, 3.63) is 51.9 Å². The Morgan fingerprint density at radius 3 is 2.75 bits per heavy atom. The number of ether oxygens (including phenoxy) is 1. The van der Waals surface area contributed by atoms with E-state index in [1.54, 1.807) is 18.2 Å². The Labute approximate surface area is 126 Å². The molecule has 0 aliphatic heterocycles. The summed E-state index contributed by atoms with van der Waals surface area (Å²) in [5.41, 5.74) is 7.60. The van der Waals surface area contributed by atoms with Crippen LogP contribution in [0.1, 0.15) is 24.6 Å². The summed E-state index contributed by atoms with van der Waals surface area (Å²) in [6.07, 6.45) is 1.87. The van der Waals surface area contributed by atoms with Crippen molar-refractivity contribution in [1.82, 2.24) is 4.98 Å². The molecule has 2 aromatic rings. The highest BCUT2D eigenvalue weighted by atomic mass is 79.9. The third kappa shape index (κ3) is 3.77. The molecule has 5 heteroatoms. The van der Waals surface area contributed by atoms with E-state index in [1.165, 1.54) is 6.07 Å². The molecule has 3 nitrogen and oxygen atoms in total. The fourth-order valence-corrected chi connectivity index (χ4v) is 2.19. The minimum Gasteiger partial charge on any atom is -0.439 e. The van der Waals surface area contributed by atoms with Crippen LogP contribution < -0.4 is 10.5 Å². The molecule has 2 N–H and O–H groups in total. The summed E-state index contributed by atoms with van der Waals surface area (Å²) in [6.45, 7) is 2.52. The molecule has 20 heavy (non-hydrogen) atoms. The lowest BCUT2D eigenvalue weighted by atomic mass is 10.1. The fraction of sp³-hybridized carbons (Fsp3) is 0.267. The van der Waals surface area contributed by atoms with Crippen molar-refractivity contribution >= 4 is 15.9 Å². The van der Waals surface area contributed by atoms with Gasteiger partial charge in [-0.05, 0) is 52.2 Å². The highest BCUT2D eigenvalue weighted by molar-refractivity contribution is 9.10. The maximum Gasteiger partial charge on any atom is 0.219 e. The summed E-state index contributed by atoms with van der Waals surface area (Å²) in [4.78, 5) is 4.43. The number of rotatable bonds is 5. The Balaban J connectivity index is 2.27. The number of halogens is 2. The summed E-state index contributed by atoms with van der Waals surface area (Å²) in [5, 5.41) is 0. The number of pyridine rings is 1. The molecule has 0 radical (unpaired) electrons. The molecule has 0 bridgehead atoms. The van der Waals surface area contributed by atoms with Crippen molar-refractivity contribution in [3.63, 3.8) is 0 Å². The van der Waals surface area contributed by atoms with Crippen LogP contribution in [0.2, 0.25) is 0 Å². The van der Waals surface area contributed by atoms with Crippen LogP contribution in [-0.4, -0.2) is 4.98 Å². The van der Waals surface area contributed by atoms with E-state index in [0.717, 1.165) is 24.1 Å². The molecule has 0 fully saturated rings. The number of nitrogens with zero attached hydrogens (tertiary/aromatic N) is 1. The van der Waals surface area contributed by atoms with E-state index in [4.69, 9.17) is 10.5 Å². The first-order valence-electron chi connectivity index (χ1n) is 6.45. The van der Waals surface area contributed by atoms with Gasteiger partial charge in [0.05, 0.1) is 4.47 Å². The van der Waals surface area contributed by atoms with E-state index in [0.29, 0.717) is 22.6 Å². The maximum absolute atomic E-state index is 13.2. The first-order valence-corrected chi connectivity index (χ1v) is 7.24. The number of benzene rings is 1. The van der Waals surface area contributed by atoms with Crippen LogP contribution in [0.4, 0.5) is 4.39 Å². The van der Waals surface area contributed by atoms with E-state index in [9.17, 15) is 4.39 Å². The first kappa shape index (κ1) is 14.9. The average molecular weight is 339 g/mol. The van der Waals surface area contributed by atoms with Gasteiger partial charge in [-0.15, -0.1) is 0 Å². The molecule has 0 unspecified atom stereocenters. The molecule has 0 saturated heterocycles. The zero-order chi connectivity index (χ0) is 14.5. The van der Waals surface area contributed by atoms with Crippen molar-refractivity contribution in [2.45, 2.75) is 26.3 Å².